The van der Waals surface area contributed by atoms with Crippen LogP contribution in [0.1, 0.15) is 15.2 Å². The number of carbonyl (C=O) groups is 1. The molecule has 5 heteroatoms. The molecule has 0 amide bonds. The van der Waals surface area contributed by atoms with Crippen LogP contribution in [0.4, 0.5) is 0 Å². The van der Waals surface area contributed by atoms with Crippen LogP contribution in [-0.2, 0) is 6.54 Å². The summed E-state index contributed by atoms with van der Waals surface area (Å²) in [6.07, 6.45) is 1.94. The highest BCUT2D eigenvalue weighted by molar-refractivity contribution is 9.10. The lowest BCUT2D eigenvalue weighted by Crippen LogP contribution is -2.03. The molecule has 1 aromatic carbocycles. The highest BCUT2D eigenvalue weighted by Crippen LogP contribution is 2.25. The lowest BCUT2D eigenvalue weighted by molar-refractivity contribution is 0.0698. The maximum Gasteiger partial charge on any atom is 0.337 e. The van der Waals surface area contributed by atoms with E-state index in [9.17, 15) is 9.90 Å². The monoisotopic (exact) mass is 335 g/mol. The van der Waals surface area contributed by atoms with Crippen molar-refractivity contribution in [3.63, 3.8) is 0 Å². The van der Waals surface area contributed by atoms with Crippen molar-refractivity contribution in [1.29, 1.82) is 0 Å². The van der Waals surface area contributed by atoms with Gasteiger partial charge >= 0.3 is 5.97 Å². The second kappa shape index (κ2) is 4.83. The number of aromatic nitrogens is 1. The Morgan fingerprint density at radius 2 is 2.21 bits per heavy atom. The summed E-state index contributed by atoms with van der Waals surface area (Å²) in [5.41, 5.74) is 1.12. The molecule has 96 valence electrons. The van der Waals surface area contributed by atoms with Crippen molar-refractivity contribution >= 4 is 44.1 Å². The molecule has 0 aliphatic heterocycles. The second-order valence-electron chi connectivity index (χ2n) is 4.22. The van der Waals surface area contributed by atoms with E-state index in [0.717, 1.165) is 15.4 Å². The molecule has 0 bridgehead atoms. The van der Waals surface area contributed by atoms with E-state index in [1.165, 1.54) is 4.88 Å². The molecule has 0 aliphatic rings. The third-order valence-corrected chi connectivity index (χ3v) is 4.65. The fourth-order valence-corrected chi connectivity index (χ4v) is 3.62. The first-order chi connectivity index (χ1) is 9.15. The third kappa shape index (κ3) is 2.31. The minimum absolute atomic E-state index is 0.345. The van der Waals surface area contributed by atoms with Crippen molar-refractivity contribution < 1.29 is 9.90 Å². The van der Waals surface area contributed by atoms with Gasteiger partial charge in [-0.2, -0.15) is 0 Å². The third-order valence-electron chi connectivity index (χ3n) is 2.97. The summed E-state index contributed by atoms with van der Waals surface area (Å²) in [6.45, 7) is 0.685. The predicted molar refractivity (Wildman–Crippen MR) is 80.0 cm³/mol. The fraction of sp³-hybridized carbons (Fsp3) is 0.0714. The molecule has 3 aromatic rings. The average molecular weight is 336 g/mol. The highest BCUT2D eigenvalue weighted by Gasteiger charge is 2.12. The Bertz CT molecular complexity index is 760. The Hall–Kier alpha value is -1.59. The van der Waals surface area contributed by atoms with Gasteiger partial charge in [0.25, 0.3) is 0 Å². The number of thiophene rings is 1. The lowest BCUT2D eigenvalue weighted by atomic mass is 10.1. The van der Waals surface area contributed by atoms with Crippen molar-refractivity contribution in [2.75, 3.05) is 0 Å². The van der Waals surface area contributed by atoms with Gasteiger partial charge in [-0.3, -0.25) is 0 Å². The smallest absolute Gasteiger partial charge is 0.337 e. The summed E-state index contributed by atoms with van der Waals surface area (Å²) in [4.78, 5) is 12.5. The van der Waals surface area contributed by atoms with Crippen LogP contribution in [-0.4, -0.2) is 15.6 Å². The number of halogens is 1. The van der Waals surface area contributed by atoms with Gasteiger partial charge in [-0.1, -0.05) is 12.1 Å². The number of hydrogen-bond acceptors (Lipinski definition) is 2. The number of fused-ring (bicyclic) bond motifs is 1. The summed E-state index contributed by atoms with van der Waals surface area (Å²) < 4.78 is 3.04. The van der Waals surface area contributed by atoms with Gasteiger partial charge in [-0.05, 0) is 34.1 Å². The first-order valence-corrected chi connectivity index (χ1v) is 7.36. The first kappa shape index (κ1) is 12.4. The van der Waals surface area contributed by atoms with Crippen molar-refractivity contribution in [1.82, 2.24) is 4.57 Å². The Balaban J connectivity index is 2.11. The van der Waals surface area contributed by atoms with Gasteiger partial charge in [0, 0.05) is 26.3 Å². The number of nitrogens with zero attached hydrogens (tertiary/aromatic N) is 1. The molecule has 0 radical (unpaired) electrons. The molecule has 0 aliphatic carbocycles. The van der Waals surface area contributed by atoms with E-state index in [2.05, 4.69) is 22.0 Å². The van der Waals surface area contributed by atoms with E-state index in [1.54, 1.807) is 23.5 Å². The maximum absolute atomic E-state index is 11.3. The Kier molecular flexibility index (Phi) is 3.16. The van der Waals surface area contributed by atoms with Crippen LogP contribution in [0.5, 0.6) is 0 Å². The zero-order valence-electron chi connectivity index (χ0n) is 9.84. The molecule has 0 saturated carbocycles. The maximum atomic E-state index is 11.3. The van der Waals surface area contributed by atoms with Crippen LogP contribution in [0, 0.1) is 0 Å². The first-order valence-electron chi connectivity index (χ1n) is 5.69. The number of hydrogen-bond donors (Lipinski definition) is 1. The molecular formula is C14H10BrNO2S. The Morgan fingerprint density at radius 3 is 2.89 bits per heavy atom. The van der Waals surface area contributed by atoms with Gasteiger partial charge in [-0.15, -0.1) is 11.3 Å². The van der Waals surface area contributed by atoms with Crippen LogP contribution in [0.25, 0.3) is 10.9 Å². The van der Waals surface area contributed by atoms with Crippen molar-refractivity contribution in [2.24, 2.45) is 0 Å². The van der Waals surface area contributed by atoms with Gasteiger partial charge in [0.05, 0.1) is 17.6 Å². The van der Waals surface area contributed by atoms with E-state index in [-0.39, 0.29) is 0 Å². The van der Waals surface area contributed by atoms with Crippen LogP contribution < -0.4 is 0 Å². The lowest BCUT2D eigenvalue weighted by Gasteiger charge is -2.06. The summed E-state index contributed by atoms with van der Waals surface area (Å²) in [5.74, 6) is -0.891. The minimum Gasteiger partial charge on any atom is -0.478 e. The number of para-hydroxylation sites is 1. The van der Waals surface area contributed by atoms with Crippen LogP contribution in [0.2, 0.25) is 0 Å². The SMILES string of the molecule is O=C(O)c1cccc2ccn(Cc3cc(Br)cs3)c12. The molecular weight excluding hydrogens is 326 g/mol. The van der Waals surface area contributed by atoms with E-state index in [0.29, 0.717) is 12.1 Å². The van der Waals surface area contributed by atoms with Crippen molar-refractivity contribution in [3.8, 4) is 0 Å². The van der Waals surface area contributed by atoms with Gasteiger partial charge in [-0.25, -0.2) is 4.79 Å². The number of aromatic carboxylic acids is 1. The minimum atomic E-state index is -0.891. The summed E-state index contributed by atoms with van der Waals surface area (Å²) >= 11 is 5.09. The highest BCUT2D eigenvalue weighted by atomic mass is 79.9. The topological polar surface area (TPSA) is 42.2 Å². The van der Waals surface area contributed by atoms with E-state index in [1.807, 2.05) is 28.3 Å². The normalized spacial score (nSPS) is 11.0. The molecule has 3 nitrogen and oxygen atoms in total. The number of carboxylic acids is 1. The molecule has 0 unspecified atom stereocenters. The van der Waals surface area contributed by atoms with E-state index >= 15 is 0 Å². The summed E-state index contributed by atoms with van der Waals surface area (Å²) in [6, 6.07) is 9.36. The van der Waals surface area contributed by atoms with Crippen molar-refractivity contribution in [3.05, 3.63) is 56.8 Å². The zero-order chi connectivity index (χ0) is 13.4. The fourth-order valence-electron chi connectivity index (χ4n) is 2.17. The van der Waals surface area contributed by atoms with Crippen LogP contribution >= 0.6 is 27.3 Å². The van der Waals surface area contributed by atoms with E-state index in [4.69, 9.17) is 0 Å². The molecule has 0 fully saturated rings. The van der Waals surface area contributed by atoms with Crippen molar-refractivity contribution in [2.45, 2.75) is 6.54 Å². The van der Waals surface area contributed by atoms with Gasteiger partial charge in [0.2, 0.25) is 0 Å². The average Bonchev–Trinajstić information content (AvgIpc) is 2.97. The number of carboxylic acid groups (broad SMARTS) is 1. The van der Waals surface area contributed by atoms with Gasteiger partial charge < -0.3 is 9.67 Å². The molecule has 2 heterocycles. The molecule has 3 rings (SSSR count). The molecule has 2 aromatic heterocycles. The molecule has 0 saturated heterocycles. The predicted octanol–water partition coefficient (Wildman–Crippen LogP) is 4.21. The molecule has 0 atom stereocenters. The van der Waals surface area contributed by atoms with Gasteiger partial charge in [0.1, 0.15) is 0 Å². The Labute approximate surface area is 122 Å². The molecule has 0 spiro atoms. The molecule has 1 N–H and O–H groups in total. The quantitative estimate of drug-likeness (QED) is 0.778. The standard InChI is InChI=1S/C14H10BrNO2S/c15-10-6-11(19-8-10)7-16-5-4-9-2-1-3-12(13(9)16)14(17)18/h1-6,8H,7H2,(H,17,18). The molecule has 19 heavy (non-hydrogen) atoms. The van der Waals surface area contributed by atoms with E-state index < -0.39 is 5.97 Å². The largest absolute Gasteiger partial charge is 0.478 e. The summed E-state index contributed by atoms with van der Waals surface area (Å²) in [7, 11) is 0. The summed E-state index contributed by atoms with van der Waals surface area (Å²) in [5, 5.41) is 12.3. The number of rotatable bonds is 3. The van der Waals surface area contributed by atoms with Crippen LogP contribution in [0.3, 0.4) is 0 Å². The zero-order valence-corrected chi connectivity index (χ0v) is 12.2. The van der Waals surface area contributed by atoms with Gasteiger partial charge in [0.15, 0.2) is 0 Å². The number of benzene rings is 1. The van der Waals surface area contributed by atoms with Crippen LogP contribution in [0.15, 0.2) is 46.4 Å². The Morgan fingerprint density at radius 1 is 1.37 bits per heavy atom. The second-order valence-corrected chi connectivity index (χ2v) is 6.13.